The fourth-order valence-electron chi connectivity index (χ4n) is 4.06. The summed E-state index contributed by atoms with van der Waals surface area (Å²) in [5.74, 6) is 2.51. The van der Waals surface area contributed by atoms with E-state index in [1.807, 2.05) is 53.5 Å². The van der Waals surface area contributed by atoms with Crippen LogP contribution in [-0.4, -0.2) is 30.0 Å². The number of nitrogens with zero attached hydrogens (tertiary/aromatic N) is 2. The molecule has 1 N–H and O–H groups in total. The number of methoxy groups -OCH3 is 2. The quantitative estimate of drug-likeness (QED) is 0.688. The molecule has 0 unspecified atom stereocenters. The lowest BCUT2D eigenvalue weighted by Crippen LogP contribution is -2.33. The van der Waals surface area contributed by atoms with Gasteiger partial charge in [0.15, 0.2) is 0 Å². The van der Waals surface area contributed by atoms with E-state index in [4.69, 9.17) is 19.3 Å². The van der Waals surface area contributed by atoms with E-state index < -0.39 is 0 Å². The van der Waals surface area contributed by atoms with Crippen molar-refractivity contribution in [3.63, 3.8) is 0 Å². The molecule has 2 heterocycles. The van der Waals surface area contributed by atoms with Crippen molar-refractivity contribution < 1.29 is 19.3 Å². The molecule has 0 amide bonds. The zero-order chi connectivity index (χ0) is 20.7. The molecule has 5 rings (SSSR count). The van der Waals surface area contributed by atoms with Crippen LogP contribution in [0.15, 0.2) is 71.8 Å². The van der Waals surface area contributed by atoms with Crippen LogP contribution in [0.2, 0.25) is 0 Å². The van der Waals surface area contributed by atoms with Crippen LogP contribution >= 0.6 is 0 Å². The average molecular weight is 402 g/mol. The molecule has 2 aliphatic heterocycles. The molecule has 152 valence electrons. The minimum atomic E-state index is -0.374. The second-order valence-corrected chi connectivity index (χ2v) is 7.31. The van der Waals surface area contributed by atoms with E-state index in [1.165, 1.54) is 0 Å². The Hall–Kier alpha value is -3.67. The normalized spacial score (nSPS) is 19.4. The van der Waals surface area contributed by atoms with Gasteiger partial charge in [-0.3, -0.25) is 0 Å². The van der Waals surface area contributed by atoms with E-state index in [9.17, 15) is 5.11 Å². The Morgan fingerprint density at radius 3 is 2.47 bits per heavy atom. The Morgan fingerprint density at radius 2 is 1.70 bits per heavy atom. The summed E-state index contributed by atoms with van der Waals surface area (Å²) >= 11 is 0. The van der Waals surface area contributed by atoms with Crippen LogP contribution in [0.5, 0.6) is 23.0 Å². The predicted molar refractivity (Wildman–Crippen MR) is 113 cm³/mol. The van der Waals surface area contributed by atoms with Crippen LogP contribution in [-0.2, 0) is 0 Å². The highest BCUT2D eigenvalue weighted by atomic mass is 16.5. The van der Waals surface area contributed by atoms with Gasteiger partial charge in [-0.25, -0.2) is 5.01 Å². The number of phenols is 1. The van der Waals surface area contributed by atoms with E-state index in [2.05, 4.69) is 6.07 Å². The number of hydrogen-bond acceptors (Lipinski definition) is 6. The second kappa shape index (κ2) is 7.30. The lowest BCUT2D eigenvalue weighted by Gasteiger charge is -2.38. The third-order valence-corrected chi connectivity index (χ3v) is 5.61. The van der Waals surface area contributed by atoms with E-state index in [-0.39, 0.29) is 18.0 Å². The van der Waals surface area contributed by atoms with Gasteiger partial charge in [0.05, 0.1) is 26.0 Å². The summed E-state index contributed by atoms with van der Waals surface area (Å²) < 4.78 is 17.0. The zero-order valence-electron chi connectivity index (χ0n) is 16.8. The first-order valence-electron chi connectivity index (χ1n) is 9.80. The molecule has 6 heteroatoms. The van der Waals surface area contributed by atoms with Crippen molar-refractivity contribution in [1.29, 1.82) is 0 Å². The lowest BCUT2D eigenvalue weighted by atomic mass is 9.95. The molecule has 3 aromatic rings. The molecule has 0 aliphatic carbocycles. The SMILES string of the molecule is COc1ccc([C@H]2Oc3ccccc3[C@H]3CC(c4cc(OC)ccc4O)=NN32)cc1. The Morgan fingerprint density at radius 1 is 0.967 bits per heavy atom. The molecular weight excluding hydrogens is 380 g/mol. The van der Waals surface area contributed by atoms with E-state index in [0.29, 0.717) is 17.7 Å². The van der Waals surface area contributed by atoms with Crippen LogP contribution in [0.3, 0.4) is 0 Å². The van der Waals surface area contributed by atoms with Gasteiger partial charge in [-0.15, -0.1) is 0 Å². The van der Waals surface area contributed by atoms with Crippen molar-refractivity contribution >= 4 is 5.71 Å². The maximum Gasteiger partial charge on any atom is 0.213 e. The van der Waals surface area contributed by atoms with Crippen LogP contribution in [0.25, 0.3) is 0 Å². The van der Waals surface area contributed by atoms with Gasteiger partial charge in [0.1, 0.15) is 23.0 Å². The molecule has 0 bridgehead atoms. The molecule has 3 aromatic carbocycles. The molecular formula is C24H22N2O4. The van der Waals surface area contributed by atoms with Crippen molar-refractivity contribution in [2.45, 2.75) is 18.7 Å². The van der Waals surface area contributed by atoms with Crippen molar-refractivity contribution in [3.8, 4) is 23.0 Å². The number of fused-ring (bicyclic) bond motifs is 3. The molecule has 2 aliphatic rings. The van der Waals surface area contributed by atoms with Gasteiger partial charge >= 0.3 is 0 Å². The summed E-state index contributed by atoms with van der Waals surface area (Å²) in [5.41, 5.74) is 3.54. The van der Waals surface area contributed by atoms with Crippen molar-refractivity contribution in [3.05, 3.63) is 83.4 Å². The smallest absolute Gasteiger partial charge is 0.213 e. The Bertz CT molecular complexity index is 1110. The van der Waals surface area contributed by atoms with Gasteiger partial charge in [-0.05, 0) is 48.5 Å². The standard InChI is InChI=1S/C24H22N2O4/c1-28-16-9-7-15(8-10-16)24-26-21(18-5-3-4-6-23(18)30-24)14-20(25-26)19-13-17(29-2)11-12-22(19)27/h3-13,21,24,27H,14H2,1-2H3/t21-,24-/m1/s1. The molecule has 30 heavy (non-hydrogen) atoms. The second-order valence-electron chi connectivity index (χ2n) is 7.31. The maximum atomic E-state index is 10.5. The molecule has 2 atom stereocenters. The number of hydrogen-bond donors (Lipinski definition) is 1. The molecule has 0 aromatic heterocycles. The number of aromatic hydroxyl groups is 1. The summed E-state index contributed by atoms with van der Waals surface area (Å²) in [7, 11) is 3.26. The summed E-state index contributed by atoms with van der Waals surface area (Å²) in [5, 5.41) is 17.3. The van der Waals surface area contributed by atoms with Gasteiger partial charge in [0.25, 0.3) is 0 Å². The van der Waals surface area contributed by atoms with Crippen LogP contribution in [0, 0.1) is 0 Å². The zero-order valence-corrected chi connectivity index (χ0v) is 16.8. The van der Waals surface area contributed by atoms with Gasteiger partial charge in [-0.2, -0.15) is 5.10 Å². The topological polar surface area (TPSA) is 63.5 Å². The van der Waals surface area contributed by atoms with E-state index >= 15 is 0 Å². The number of ether oxygens (including phenoxy) is 3. The minimum absolute atomic E-state index is 0.0163. The highest BCUT2D eigenvalue weighted by molar-refractivity contribution is 6.04. The Balaban J connectivity index is 1.58. The summed E-state index contributed by atoms with van der Waals surface area (Å²) in [6.45, 7) is 0. The number of hydrazone groups is 1. The summed E-state index contributed by atoms with van der Waals surface area (Å²) in [4.78, 5) is 0. The Labute approximate surface area is 174 Å². The molecule has 0 radical (unpaired) electrons. The minimum Gasteiger partial charge on any atom is -0.507 e. The first kappa shape index (κ1) is 18.4. The lowest BCUT2D eigenvalue weighted by molar-refractivity contribution is -0.0190. The molecule has 0 saturated carbocycles. The third kappa shape index (κ3) is 3.01. The van der Waals surface area contributed by atoms with Crippen LogP contribution in [0.1, 0.15) is 35.4 Å². The van der Waals surface area contributed by atoms with Gasteiger partial charge in [-0.1, -0.05) is 18.2 Å². The predicted octanol–water partition coefficient (Wildman–Crippen LogP) is 4.65. The van der Waals surface area contributed by atoms with Gasteiger partial charge in [0, 0.05) is 23.1 Å². The third-order valence-electron chi connectivity index (χ3n) is 5.61. The molecule has 6 nitrogen and oxygen atoms in total. The first-order valence-corrected chi connectivity index (χ1v) is 9.80. The first-order chi connectivity index (χ1) is 14.7. The van der Waals surface area contributed by atoms with Crippen LogP contribution in [0.4, 0.5) is 0 Å². The fourth-order valence-corrected chi connectivity index (χ4v) is 4.06. The number of para-hydroxylation sites is 1. The van der Waals surface area contributed by atoms with Crippen molar-refractivity contribution in [1.82, 2.24) is 5.01 Å². The summed E-state index contributed by atoms with van der Waals surface area (Å²) in [6.07, 6.45) is 0.286. The largest absolute Gasteiger partial charge is 0.507 e. The van der Waals surface area contributed by atoms with Gasteiger partial charge in [0.2, 0.25) is 6.23 Å². The molecule has 0 spiro atoms. The fraction of sp³-hybridized carbons (Fsp3) is 0.208. The Kier molecular flexibility index (Phi) is 4.47. The number of benzene rings is 3. The summed E-state index contributed by atoms with van der Waals surface area (Å²) in [6, 6.07) is 21.1. The van der Waals surface area contributed by atoms with Crippen LogP contribution < -0.4 is 14.2 Å². The molecule has 0 fully saturated rings. The van der Waals surface area contributed by atoms with Gasteiger partial charge < -0.3 is 19.3 Å². The average Bonchev–Trinajstić information content (AvgIpc) is 3.24. The number of phenolic OH excluding ortho intramolecular Hbond substituents is 1. The highest BCUT2D eigenvalue weighted by Gasteiger charge is 2.41. The van der Waals surface area contributed by atoms with Crippen molar-refractivity contribution in [2.75, 3.05) is 14.2 Å². The number of rotatable bonds is 4. The monoisotopic (exact) mass is 402 g/mol. The highest BCUT2D eigenvalue weighted by Crippen LogP contribution is 2.48. The maximum absolute atomic E-state index is 10.5. The van der Waals surface area contributed by atoms with E-state index in [0.717, 1.165) is 28.3 Å². The van der Waals surface area contributed by atoms with Crippen molar-refractivity contribution in [2.24, 2.45) is 5.10 Å². The van der Waals surface area contributed by atoms with E-state index in [1.54, 1.807) is 26.4 Å². The molecule has 0 saturated heterocycles.